The highest BCUT2D eigenvalue weighted by atomic mass is 16.3. The summed E-state index contributed by atoms with van der Waals surface area (Å²) in [5, 5.41) is 28.4. The van der Waals surface area contributed by atoms with Crippen molar-refractivity contribution in [1.29, 1.82) is 5.26 Å². The summed E-state index contributed by atoms with van der Waals surface area (Å²) in [6.45, 7) is 8.62. The van der Waals surface area contributed by atoms with Crippen LogP contribution >= 0.6 is 0 Å². The lowest BCUT2D eigenvalue weighted by molar-refractivity contribution is 0.472. The lowest BCUT2D eigenvalue weighted by Gasteiger charge is -2.13. The van der Waals surface area contributed by atoms with E-state index in [1.165, 1.54) is 22.0 Å². The second-order valence-electron chi connectivity index (χ2n) is 8.91. The summed E-state index contributed by atoms with van der Waals surface area (Å²) in [5.41, 5.74) is 17.0. The third-order valence-electron chi connectivity index (χ3n) is 6.15. The van der Waals surface area contributed by atoms with Crippen molar-refractivity contribution in [3.05, 3.63) is 95.2 Å². The minimum Gasteiger partial charge on any atom is -0.505 e. The number of anilines is 3. The standard InChI is InChI=1S/C19H20N2O.C12H15N5/c1-12-7-8-16(9-13(12)2)21-11-15-10-14-5-3-4-6-17(14)18(20)19(15)22;1-3-5-7-15-11(6-4-2)17-12(14)10(8-13)9-16-17/h3-10,21-22H,11,20H2,1-2H3;3,5-7,9H,4,14H2,1-2H3/b;5-3-,11-6-,15-7-. The molecule has 3 aromatic carbocycles. The van der Waals surface area contributed by atoms with Gasteiger partial charge in [-0.1, -0.05) is 43.3 Å². The van der Waals surface area contributed by atoms with E-state index in [0.29, 0.717) is 29.4 Å². The number of fused-ring (bicyclic) bond motifs is 1. The molecule has 0 spiro atoms. The first-order valence-corrected chi connectivity index (χ1v) is 12.7. The molecule has 8 heteroatoms. The summed E-state index contributed by atoms with van der Waals surface area (Å²) < 4.78 is 1.46. The highest BCUT2D eigenvalue weighted by Crippen LogP contribution is 2.34. The van der Waals surface area contributed by atoms with Gasteiger partial charge in [-0.05, 0) is 74.1 Å². The van der Waals surface area contributed by atoms with Gasteiger partial charge in [0.25, 0.3) is 0 Å². The fourth-order valence-corrected chi connectivity index (χ4v) is 3.82. The zero-order valence-electron chi connectivity index (χ0n) is 22.8. The van der Waals surface area contributed by atoms with Gasteiger partial charge in [0.15, 0.2) is 5.82 Å². The lowest BCUT2D eigenvalue weighted by atomic mass is 10.0. The summed E-state index contributed by atoms with van der Waals surface area (Å²) in [7, 11) is 0. The van der Waals surface area contributed by atoms with Crippen LogP contribution in [0.15, 0.2) is 77.9 Å². The topological polar surface area (TPSA) is 138 Å². The zero-order valence-corrected chi connectivity index (χ0v) is 22.8. The summed E-state index contributed by atoms with van der Waals surface area (Å²) in [6, 6.07) is 18.0. The van der Waals surface area contributed by atoms with Gasteiger partial charge in [0.2, 0.25) is 0 Å². The minimum atomic E-state index is 0.162. The number of rotatable bonds is 7. The van der Waals surface area contributed by atoms with Crippen molar-refractivity contribution in [3.8, 4) is 11.8 Å². The van der Waals surface area contributed by atoms with Crippen LogP contribution < -0.4 is 16.8 Å². The van der Waals surface area contributed by atoms with E-state index >= 15 is 0 Å². The largest absolute Gasteiger partial charge is 0.505 e. The van der Waals surface area contributed by atoms with Crippen molar-refractivity contribution >= 4 is 40.0 Å². The summed E-state index contributed by atoms with van der Waals surface area (Å²) in [6.07, 6.45) is 9.49. The number of phenols is 1. The molecule has 0 radical (unpaired) electrons. The quantitative estimate of drug-likeness (QED) is 0.124. The van der Waals surface area contributed by atoms with Gasteiger partial charge in [0, 0.05) is 29.4 Å². The molecule has 0 atom stereocenters. The fourth-order valence-electron chi connectivity index (χ4n) is 3.82. The third-order valence-corrected chi connectivity index (χ3v) is 6.15. The van der Waals surface area contributed by atoms with Crippen molar-refractivity contribution in [2.75, 3.05) is 16.8 Å². The number of hydrogen-bond donors (Lipinski definition) is 4. The highest BCUT2D eigenvalue weighted by molar-refractivity contribution is 5.96. The van der Waals surface area contributed by atoms with Crippen LogP contribution in [-0.2, 0) is 6.54 Å². The fraction of sp³-hybridized carbons (Fsp3) is 0.194. The SMILES string of the molecule is C\C=C/C=N\C(=C\CC)n1ncc(C#N)c1N.Cc1ccc(NCc2cc3ccccc3c(N)c2O)cc1C. The first kappa shape index (κ1) is 28.5. The van der Waals surface area contributed by atoms with E-state index in [1.807, 2.05) is 74.5 Å². The number of benzene rings is 3. The molecule has 0 saturated heterocycles. The number of aliphatic imine (C=N–C) groups is 1. The second kappa shape index (κ2) is 13.5. The van der Waals surface area contributed by atoms with Crippen molar-refractivity contribution in [2.45, 2.75) is 40.7 Å². The monoisotopic (exact) mass is 521 g/mol. The van der Waals surface area contributed by atoms with Crippen molar-refractivity contribution < 1.29 is 5.11 Å². The van der Waals surface area contributed by atoms with Gasteiger partial charge in [-0.3, -0.25) is 0 Å². The molecule has 4 aromatic rings. The molecule has 0 aliphatic carbocycles. The highest BCUT2D eigenvalue weighted by Gasteiger charge is 2.10. The number of phenolic OH excluding ortho intramolecular Hbond substituents is 1. The Morgan fingerprint density at radius 3 is 2.59 bits per heavy atom. The molecule has 8 nitrogen and oxygen atoms in total. The van der Waals surface area contributed by atoms with Crippen LogP contribution in [0.4, 0.5) is 17.2 Å². The lowest BCUT2D eigenvalue weighted by Crippen LogP contribution is -2.03. The van der Waals surface area contributed by atoms with Crippen LogP contribution in [0, 0.1) is 25.2 Å². The van der Waals surface area contributed by atoms with E-state index in [1.54, 1.807) is 6.21 Å². The molecule has 0 saturated carbocycles. The Morgan fingerprint density at radius 1 is 1.15 bits per heavy atom. The molecule has 1 heterocycles. The number of aryl methyl sites for hydroxylation is 2. The second-order valence-corrected chi connectivity index (χ2v) is 8.91. The van der Waals surface area contributed by atoms with Crippen LogP contribution in [0.25, 0.3) is 16.6 Å². The van der Waals surface area contributed by atoms with Crippen molar-refractivity contribution in [2.24, 2.45) is 4.99 Å². The Balaban J connectivity index is 0.000000224. The molecular formula is C31H35N7O. The molecule has 0 aliphatic rings. The molecule has 1 aromatic heterocycles. The molecule has 0 bridgehead atoms. The maximum atomic E-state index is 10.3. The normalized spacial score (nSPS) is 11.5. The van der Waals surface area contributed by atoms with E-state index in [9.17, 15) is 5.11 Å². The van der Waals surface area contributed by atoms with Crippen LogP contribution in [0.2, 0.25) is 0 Å². The van der Waals surface area contributed by atoms with Crippen LogP contribution in [0.1, 0.15) is 42.5 Å². The molecule has 39 heavy (non-hydrogen) atoms. The average molecular weight is 522 g/mol. The predicted octanol–water partition coefficient (Wildman–Crippen LogP) is 6.55. The van der Waals surface area contributed by atoms with E-state index < -0.39 is 0 Å². The number of allylic oxidation sites excluding steroid dienone is 3. The van der Waals surface area contributed by atoms with E-state index in [0.717, 1.165) is 28.4 Å². The van der Waals surface area contributed by atoms with Crippen LogP contribution in [0.3, 0.4) is 0 Å². The van der Waals surface area contributed by atoms with Gasteiger partial charge in [0.05, 0.1) is 11.9 Å². The number of nitrogens with zero attached hydrogens (tertiary/aromatic N) is 4. The van der Waals surface area contributed by atoms with Gasteiger partial charge >= 0.3 is 0 Å². The Morgan fingerprint density at radius 2 is 1.92 bits per heavy atom. The smallest absolute Gasteiger partial charge is 0.151 e. The number of nitriles is 1. The summed E-state index contributed by atoms with van der Waals surface area (Å²) >= 11 is 0. The van der Waals surface area contributed by atoms with Gasteiger partial charge < -0.3 is 21.9 Å². The number of aromatic nitrogens is 2. The van der Waals surface area contributed by atoms with Gasteiger partial charge in [-0.15, -0.1) is 0 Å². The number of nitrogens with one attached hydrogen (secondary N) is 1. The first-order chi connectivity index (χ1) is 18.8. The molecule has 0 amide bonds. The van der Waals surface area contributed by atoms with E-state index in [2.05, 4.69) is 41.4 Å². The molecular weight excluding hydrogens is 486 g/mol. The van der Waals surface area contributed by atoms with Gasteiger partial charge in [-0.25, -0.2) is 4.99 Å². The van der Waals surface area contributed by atoms with Crippen LogP contribution in [0.5, 0.6) is 5.75 Å². The maximum absolute atomic E-state index is 10.3. The Kier molecular flexibility index (Phi) is 9.88. The van der Waals surface area contributed by atoms with Gasteiger partial charge in [0.1, 0.15) is 23.2 Å². The van der Waals surface area contributed by atoms with E-state index in [-0.39, 0.29) is 5.75 Å². The number of hydrogen-bond acceptors (Lipinski definition) is 7. The molecule has 0 aliphatic heterocycles. The Labute approximate surface area is 229 Å². The average Bonchev–Trinajstić information content (AvgIpc) is 3.31. The number of nitrogens with two attached hydrogens (primary N) is 2. The zero-order chi connectivity index (χ0) is 28.4. The predicted molar refractivity (Wildman–Crippen MR) is 162 cm³/mol. The number of aromatic hydroxyl groups is 1. The van der Waals surface area contributed by atoms with Crippen LogP contribution in [-0.4, -0.2) is 21.1 Å². The molecule has 6 N–H and O–H groups in total. The maximum Gasteiger partial charge on any atom is 0.151 e. The molecule has 0 unspecified atom stereocenters. The first-order valence-electron chi connectivity index (χ1n) is 12.7. The van der Waals surface area contributed by atoms with Crippen molar-refractivity contribution in [1.82, 2.24) is 9.78 Å². The Bertz CT molecular complexity index is 1570. The summed E-state index contributed by atoms with van der Waals surface area (Å²) in [5.74, 6) is 1.09. The Hall–Kier alpha value is -5.03. The molecule has 4 rings (SSSR count). The van der Waals surface area contributed by atoms with E-state index in [4.69, 9.17) is 16.7 Å². The third kappa shape index (κ3) is 7.05. The van der Waals surface area contributed by atoms with Gasteiger partial charge in [-0.2, -0.15) is 15.0 Å². The number of nitrogen functional groups attached to an aromatic ring is 2. The minimum absolute atomic E-state index is 0.162. The molecule has 200 valence electrons. The summed E-state index contributed by atoms with van der Waals surface area (Å²) in [4.78, 5) is 4.24. The van der Waals surface area contributed by atoms with Crippen molar-refractivity contribution in [3.63, 3.8) is 0 Å². The molecule has 0 fully saturated rings.